The monoisotopic (exact) mass is 440 g/mol. The van der Waals surface area contributed by atoms with Crippen LogP contribution in [0.4, 0.5) is 11.5 Å². The first-order valence-corrected chi connectivity index (χ1v) is 9.97. The lowest BCUT2D eigenvalue weighted by molar-refractivity contribution is -0.123. The standard InChI is InChI=1S/C22H21ClN4O4/c1-12-20(13-4-7-15(30-2)8-5-13)21-25-22(29)17(27(21)26-12)11-19(28)24-16-10-14(23)6-9-18(16)31-3/h4-10,17H,11H2,1-3H3,(H,24,28)(H,25,29). The minimum atomic E-state index is -0.758. The molecule has 2 aromatic carbocycles. The Morgan fingerprint density at radius 2 is 1.94 bits per heavy atom. The number of aryl methyl sites for hydroxylation is 1. The average molecular weight is 441 g/mol. The number of rotatable bonds is 6. The number of fused-ring (bicyclic) bond motifs is 1. The summed E-state index contributed by atoms with van der Waals surface area (Å²) in [6, 6.07) is 11.7. The zero-order chi connectivity index (χ0) is 22.1. The fourth-order valence-electron chi connectivity index (χ4n) is 3.64. The van der Waals surface area contributed by atoms with Gasteiger partial charge in [0.2, 0.25) is 5.91 Å². The summed E-state index contributed by atoms with van der Waals surface area (Å²) in [5.74, 6) is 1.15. The number of nitrogens with one attached hydrogen (secondary N) is 2. The molecule has 0 fully saturated rings. The number of carbonyl (C=O) groups excluding carboxylic acids is 2. The van der Waals surface area contributed by atoms with Crippen LogP contribution in [-0.2, 0) is 9.59 Å². The van der Waals surface area contributed by atoms with Gasteiger partial charge in [0.1, 0.15) is 23.4 Å². The summed E-state index contributed by atoms with van der Waals surface area (Å²) < 4.78 is 12.0. The second kappa shape index (κ2) is 8.31. The highest BCUT2D eigenvalue weighted by atomic mass is 35.5. The molecule has 4 rings (SSSR count). The first-order chi connectivity index (χ1) is 14.9. The summed E-state index contributed by atoms with van der Waals surface area (Å²) in [6.07, 6.45) is -0.0856. The third kappa shape index (κ3) is 3.94. The van der Waals surface area contributed by atoms with Gasteiger partial charge >= 0.3 is 0 Å². The first-order valence-electron chi connectivity index (χ1n) is 9.59. The normalized spacial score (nSPS) is 14.7. The van der Waals surface area contributed by atoms with Crippen molar-refractivity contribution in [3.8, 4) is 22.6 Å². The van der Waals surface area contributed by atoms with E-state index in [0.29, 0.717) is 22.3 Å². The highest BCUT2D eigenvalue weighted by Crippen LogP contribution is 2.39. The Bertz CT molecular complexity index is 1160. The number of halogens is 1. The Hall–Kier alpha value is -3.52. The second-order valence-electron chi connectivity index (χ2n) is 7.08. The largest absolute Gasteiger partial charge is 0.497 e. The van der Waals surface area contributed by atoms with Crippen molar-refractivity contribution in [3.05, 3.63) is 53.2 Å². The summed E-state index contributed by atoms with van der Waals surface area (Å²) in [7, 11) is 3.11. The van der Waals surface area contributed by atoms with Crippen molar-refractivity contribution in [1.29, 1.82) is 0 Å². The van der Waals surface area contributed by atoms with E-state index in [2.05, 4.69) is 15.7 Å². The summed E-state index contributed by atoms with van der Waals surface area (Å²) >= 11 is 6.02. The highest BCUT2D eigenvalue weighted by molar-refractivity contribution is 6.31. The van der Waals surface area contributed by atoms with Gasteiger partial charge in [-0.25, -0.2) is 4.68 Å². The molecule has 1 unspecified atom stereocenters. The van der Waals surface area contributed by atoms with Gasteiger partial charge in [0, 0.05) is 10.6 Å². The van der Waals surface area contributed by atoms with Crippen LogP contribution in [-0.4, -0.2) is 35.8 Å². The molecule has 9 heteroatoms. The second-order valence-corrected chi connectivity index (χ2v) is 7.52. The van der Waals surface area contributed by atoms with E-state index in [0.717, 1.165) is 22.6 Å². The Morgan fingerprint density at radius 3 is 2.61 bits per heavy atom. The van der Waals surface area contributed by atoms with Gasteiger partial charge in [-0.1, -0.05) is 23.7 Å². The molecule has 2 N–H and O–H groups in total. The number of amides is 2. The summed E-state index contributed by atoms with van der Waals surface area (Å²) in [4.78, 5) is 25.3. The molecule has 1 atom stereocenters. The lowest BCUT2D eigenvalue weighted by Gasteiger charge is -2.12. The smallest absolute Gasteiger partial charge is 0.251 e. The molecule has 0 spiro atoms. The van der Waals surface area contributed by atoms with Crippen LogP contribution in [0.15, 0.2) is 42.5 Å². The van der Waals surface area contributed by atoms with Gasteiger partial charge in [-0.05, 0) is 42.8 Å². The average Bonchev–Trinajstić information content (AvgIpc) is 3.22. The Balaban J connectivity index is 1.58. The van der Waals surface area contributed by atoms with Gasteiger partial charge in [0.15, 0.2) is 0 Å². The molecule has 1 aliphatic heterocycles. The van der Waals surface area contributed by atoms with Gasteiger partial charge < -0.3 is 20.1 Å². The molecule has 160 valence electrons. The molecule has 31 heavy (non-hydrogen) atoms. The lowest BCUT2D eigenvalue weighted by atomic mass is 10.1. The maximum absolute atomic E-state index is 12.7. The van der Waals surface area contributed by atoms with E-state index in [4.69, 9.17) is 21.1 Å². The zero-order valence-corrected chi connectivity index (χ0v) is 18.0. The van der Waals surface area contributed by atoms with Crippen molar-refractivity contribution < 1.29 is 19.1 Å². The fourth-order valence-corrected chi connectivity index (χ4v) is 3.81. The molecular weight excluding hydrogens is 420 g/mol. The maximum atomic E-state index is 12.7. The van der Waals surface area contributed by atoms with Gasteiger partial charge in [-0.3, -0.25) is 9.59 Å². The summed E-state index contributed by atoms with van der Waals surface area (Å²) in [5, 5.41) is 10.6. The third-order valence-corrected chi connectivity index (χ3v) is 5.35. The van der Waals surface area contributed by atoms with Crippen LogP contribution in [0.2, 0.25) is 5.02 Å². The number of carbonyl (C=O) groups is 2. The van der Waals surface area contributed by atoms with Gasteiger partial charge in [-0.2, -0.15) is 5.10 Å². The molecule has 8 nitrogen and oxygen atoms in total. The predicted octanol–water partition coefficient (Wildman–Crippen LogP) is 4.05. The van der Waals surface area contributed by atoms with Crippen LogP contribution in [0.3, 0.4) is 0 Å². The quantitative estimate of drug-likeness (QED) is 0.603. The van der Waals surface area contributed by atoms with E-state index in [1.165, 1.54) is 7.11 Å². The molecule has 0 saturated carbocycles. The van der Waals surface area contributed by atoms with E-state index >= 15 is 0 Å². The van der Waals surface area contributed by atoms with Gasteiger partial charge in [0.25, 0.3) is 5.91 Å². The predicted molar refractivity (Wildman–Crippen MR) is 118 cm³/mol. The number of benzene rings is 2. The van der Waals surface area contributed by atoms with Crippen molar-refractivity contribution >= 4 is 34.9 Å². The van der Waals surface area contributed by atoms with Crippen LogP contribution in [0.25, 0.3) is 11.1 Å². The van der Waals surface area contributed by atoms with E-state index < -0.39 is 6.04 Å². The van der Waals surface area contributed by atoms with Gasteiger partial charge in [-0.15, -0.1) is 0 Å². The molecule has 0 aliphatic carbocycles. The highest BCUT2D eigenvalue weighted by Gasteiger charge is 2.36. The molecule has 0 bridgehead atoms. The van der Waals surface area contributed by atoms with Crippen LogP contribution < -0.4 is 20.1 Å². The van der Waals surface area contributed by atoms with E-state index in [9.17, 15) is 9.59 Å². The molecule has 1 aromatic heterocycles. The third-order valence-electron chi connectivity index (χ3n) is 5.12. The lowest BCUT2D eigenvalue weighted by Crippen LogP contribution is -2.24. The maximum Gasteiger partial charge on any atom is 0.251 e. The molecule has 3 aromatic rings. The van der Waals surface area contributed by atoms with Crippen molar-refractivity contribution in [3.63, 3.8) is 0 Å². The number of methoxy groups -OCH3 is 2. The number of hydrogen-bond acceptors (Lipinski definition) is 5. The molecule has 0 radical (unpaired) electrons. The van der Waals surface area contributed by atoms with E-state index in [-0.39, 0.29) is 18.2 Å². The van der Waals surface area contributed by atoms with Crippen molar-refractivity contribution in [2.75, 3.05) is 24.9 Å². The Morgan fingerprint density at radius 1 is 1.19 bits per heavy atom. The van der Waals surface area contributed by atoms with Crippen molar-refractivity contribution in [1.82, 2.24) is 9.78 Å². The van der Waals surface area contributed by atoms with Crippen LogP contribution in [0.5, 0.6) is 11.5 Å². The zero-order valence-electron chi connectivity index (χ0n) is 17.2. The number of nitrogens with zero attached hydrogens (tertiary/aromatic N) is 2. The van der Waals surface area contributed by atoms with Crippen LogP contribution in [0.1, 0.15) is 18.2 Å². The summed E-state index contributed by atoms with van der Waals surface area (Å²) in [6.45, 7) is 1.87. The van der Waals surface area contributed by atoms with E-state index in [1.807, 2.05) is 31.2 Å². The Labute approximate surface area is 184 Å². The van der Waals surface area contributed by atoms with Crippen molar-refractivity contribution in [2.24, 2.45) is 0 Å². The molecule has 0 saturated heterocycles. The molecule has 2 amide bonds. The Kier molecular flexibility index (Phi) is 5.56. The number of hydrogen-bond donors (Lipinski definition) is 2. The minimum absolute atomic E-state index is 0.0856. The van der Waals surface area contributed by atoms with Crippen LogP contribution >= 0.6 is 11.6 Å². The molecular formula is C22H21ClN4O4. The minimum Gasteiger partial charge on any atom is -0.497 e. The van der Waals surface area contributed by atoms with Crippen LogP contribution in [0, 0.1) is 6.92 Å². The molecule has 1 aliphatic rings. The SMILES string of the molecule is COc1ccc(-c2c(C)nn3c2NC(=O)C3CC(=O)Nc2cc(Cl)ccc2OC)cc1. The summed E-state index contributed by atoms with van der Waals surface area (Å²) in [5.41, 5.74) is 2.90. The van der Waals surface area contributed by atoms with Crippen molar-refractivity contribution in [2.45, 2.75) is 19.4 Å². The number of anilines is 2. The first kappa shape index (κ1) is 20.7. The number of ether oxygens (including phenoxy) is 2. The van der Waals surface area contributed by atoms with Gasteiger partial charge in [0.05, 0.1) is 32.0 Å². The fraction of sp³-hybridized carbons (Fsp3) is 0.227. The number of aromatic nitrogens is 2. The van der Waals surface area contributed by atoms with E-state index in [1.54, 1.807) is 30.0 Å². The molecule has 2 heterocycles. The topological polar surface area (TPSA) is 94.5 Å².